The Kier molecular flexibility index (Phi) is 5.37. The second-order valence-corrected chi connectivity index (χ2v) is 10.7. The molecule has 30 heavy (non-hydrogen) atoms. The number of carbonyl (C=O) groups excluding carboxylic acids is 1. The van der Waals surface area contributed by atoms with E-state index in [4.69, 9.17) is 11.6 Å². The molecule has 2 atom stereocenters. The van der Waals surface area contributed by atoms with E-state index < -0.39 is 15.6 Å². The maximum atomic E-state index is 13.9. The first kappa shape index (κ1) is 21.2. The molecular weight excluding hydrogens is 438 g/mol. The number of benzene rings is 2. The SMILES string of the molecule is CSC1=C(C)N(S(=O)(=O)c2ccc(C)cc2)[C@@]2(c3cccc(Cl)c3)C=CC(=O)C[C@@H]12. The summed E-state index contributed by atoms with van der Waals surface area (Å²) in [6.45, 7) is 3.74. The molecule has 0 fully saturated rings. The fourth-order valence-electron chi connectivity index (χ4n) is 4.53. The van der Waals surface area contributed by atoms with Crippen molar-refractivity contribution in [3.05, 3.63) is 87.4 Å². The maximum absolute atomic E-state index is 13.9. The third-order valence-electron chi connectivity index (χ3n) is 5.84. The van der Waals surface area contributed by atoms with Crippen LogP contribution in [0.2, 0.25) is 5.02 Å². The van der Waals surface area contributed by atoms with E-state index in [1.54, 1.807) is 42.5 Å². The first-order chi connectivity index (χ1) is 14.2. The highest BCUT2D eigenvalue weighted by Crippen LogP contribution is 2.57. The van der Waals surface area contributed by atoms with Crippen LogP contribution in [0.25, 0.3) is 0 Å². The summed E-state index contributed by atoms with van der Waals surface area (Å²) in [5.41, 5.74) is 1.35. The Hall–Kier alpha value is -2.02. The molecule has 0 bridgehead atoms. The van der Waals surface area contributed by atoms with Gasteiger partial charge in [0.15, 0.2) is 5.78 Å². The molecular formula is C23H22ClNO3S2. The molecule has 1 aliphatic carbocycles. The van der Waals surface area contributed by atoms with E-state index >= 15 is 0 Å². The Bertz CT molecular complexity index is 1190. The van der Waals surface area contributed by atoms with Crippen LogP contribution in [0.5, 0.6) is 0 Å². The van der Waals surface area contributed by atoms with Crippen molar-refractivity contribution in [2.75, 3.05) is 6.26 Å². The van der Waals surface area contributed by atoms with Gasteiger partial charge in [-0.15, -0.1) is 11.8 Å². The molecule has 0 amide bonds. The normalized spacial score (nSPS) is 23.8. The quantitative estimate of drug-likeness (QED) is 0.623. The summed E-state index contributed by atoms with van der Waals surface area (Å²) in [5, 5.41) is 0.522. The summed E-state index contributed by atoms with van der Waals surface area (Å²) >= 11 is 7.80. The number of fused-ring (bicyclic) bond motifs is 1. The van der Waals surface area contributed by atoms with Crippen molar-refractivity contribution in [2.45, 2.75) is 30.7 Å². The van der Waals surface area contributed by atoms with Gasteiger partial charge in [0.05, 0.1) is 4.90 Å². The largest absolute Gasteiger partial charge is 0.295 e. The third-order valence-corrected chi connectivity index (χ3v) is 9.02. The predicted octanol–water partition coefficient (Wildman–Crippen LogP) is 5.29. The molecule has 0 aromatic heterocycles. The Balaban J connectivity index is 2.03. The monoisotopic (exact) mass is 459 g/mol. The van der Waals surface area contributed by atoms with Crippen LogP contribution in [0.4, 0.5) is 0 Å². The average molecular weight is 460 g/mol. The van der Waals surface area contributed by atoms with E-state index in [0.717, 1.165) is 16.0 Å². The van der Waals surface area contributed by atoms with Crippen molar-refractivity contribution < 1.29 is 13.2 Å². The van der Waals surface area contributed by atoms with Gasteiger partial charge in [-0.3, -0.25) is 9.10 Å². The smallest absolute Gasteiger partial charge is 0.265 e. The van der Waals surface area contributed by atoms with E-state index in [2.05, 4.69) is 0 Å². The van der Waals surface area contributed by atoms with Crippen LogP contribution in [-0.2, 0) is 20.4 Å². The molecule has 0 spiro atoms. The van der Waals surface area contributed by atoms with Crippen molar-refractivity contribution in [2.24, 2.45) is 5.92 Å². The van der Waals surface area contributed by atoms with Gasteiger partial charge in [0.25, 0.3) is 10.0 Å². The summed E-state index contributed by atoms with van der Waals surface area (Å²) in [6.07, 6.45) is 5.42. The lowest BCUT2D eigenvalue weighted by molar-refractivity contribution is -0.116. The number of rotatable bonds is 4. The van der Waals surface area contributed by atoms with Crippen LogP contribution in [-0.4, -0.2) is 24.8 Å². The van der Waals surface area contributed by atoms with E-state index in [1.807, 2.05) is 32.2 Å². The van der Waals surface area contributed by atoms with Crippen molar-refractivity contribution in [1.82, 2.24) is 4.31 Å². The minimum absolute atomic E-state index is 0.00779. The van der Waals surface area contributed by atoms with Crippen LogP contribution in [0.3, 0.4) is 0 Å². The van der Waals surface area contributed by atoms with Crippen LogP contribution in [0.15, 0.2) is 76.2 Å². The summed E-state index contributed by atoms with van der Waals surface area (Å²) < 4.78 is 29.4. The second-order valence-electron chi connectivity index (χ2n) is 7.63. The van der Waals surface area contributed by atoms with Crippen LogP contribution in [0, 0.1) is 12.8 Å². The minimum Gasteiger partial charge on any atom is -0.295 e. The molecule has 0 radical (unpaired) electrons. The Labute approximate surface area is 186 Å². The first-order valence-corrected chi connectivity index (χ1v) is 12.6. The summed E-state index contributed by atoms with van der Waals surface area (Å²) in [4.78, 5) is 13.5. The average Bonchev–Trinajstić information content (AvgIpc) is 2.96. The van der Waals surface area contributed by atoms with Gasteiger partial charge in [-0.2, -0.15) is 0 Å². The van der Waals surface area contributed by atoms with Crippen molar-refractivity contribution >= 4 is 39.2 Å². The number of allylic oxidation sites excluding steroid dienone is 2. The van der Waals surface area contributed by atoms with Gasteiger partial charge in [0.1, 0.15) is 5.54 Å². The second kappa shape index (κ2) is 7.59. The number of thioether (sulfide) groups is 1. The number of halogens is 1. The van der Waals surface area contributed by atoms with Gasteiger partial charge >= 0.3 is 0 Å². The summed E-state index contributed by atoms with van der Waals surface area (Å²) in [5.74, 6) is -0.310. The molecule has 4 nitrogen and oxygen atoms in total. The standard InChI is InChI=1S/C23H22ClNO3S2/c1-15-7-9-20(10-8-15)30(27,28)25-16(2)22(29-3)21-14-19(26)11-12-23(21,25)17-5-4-6-18(24)13-17/h4-13,21H,14H2,1-3H3/t21-,23+/m0/s1. The van der Waals surface area contributed by atoms with Gasteiger partial charge in [-0.05, 0) is 62.1 Å². The summed E-state index contributed by atoms with van der Waals surface area (Å²) in [7, 11) is -3.90. The van der Waals surface area contributed by atoms with E-state index in [9.17, 15) is 13.2 Å². The van der Waals surface area contributed by atoms with Crippen molar-refractivity contribution in [3.63, 3.8) is 0 Å². The Morgan fingerprint density at radius 2 is 1.83 bits per heavy atom. The molecule has 2 aromatic rings. The molecule has 2 aromatic carbocycles. The fourth-order valence-corrected chi connectivity index (χ4v) is 7.55. The number of nitrogens with zero attached hydrogens (tertiary/aromatic N) is 1. The lowest BCUT2D eigenvalue weighted by Gasteiger charge is -2.43. The Morgan fingerprint density at radius 1 is 1.13 bits per heavy atom. The molecule has 0 N–H and O–H groups in total. The number of hydrogen-bond acceptors (Lipinski definition) is 4. The Morgan fingerprint density at radius 3 is 2.47 bits per heavy atom. The number of carbonyl (C=O) groups is 1. The molecule has 2 aliphatic rings. The molecule has 1 aliphatic heterocycles. The predicted molar refractivity (Wildman–Crippen MR) is 122 cm³/mol. The number of aryl methyl sites for hydroxylation is 1. The van der Waals surface area contributed by atoms with Gasteiger partial charge in [-0.1, -0.05) is 41.4 Å². The van der Waals surface area contributed by atoms with Crippen LogP contribution in [0.1, 0.15) is 24.5 Å². The van der Waals surface area contributed by atoms with E-state index in [1.165, 1.54) is 22.1 Å². The lowest BCUT2D eigenvalue weighted by Crippen LogP contribution is -2.49. The first-order valence-electron chi connectivity index (χ1n) is 9.57. The third kappa shape index (κ3) is 3.13. The van der Waals surface area contributed by atoms with Crippen molar-refractivity contribution in [1.29, 1.82) is 0 Å². The van der Waals surface area contributed by atoms with Crippen molar-refractivity contribution in [3.8, 4) is 0 Å². The zero-order chi connectivity index (χ0) is 21.7. The highest BCUT2D eigenvalue weighted by molar-refractivity contribution is 8.02. The lowest BCUT2D eigenvalue weighted by atomic mass is 9.74. The topological polar surface area (TPSA) is 54.5 Å². The fraction of sp³-hybridized carbons (Fsp3) is 0.261. The maximum Gasteiger partial charge on any atom is 0.265 e. The van der Waals surface area contributed by atoms with Crippen LogP contribution >= 0.6 is 23.4 Å². The number of sulfonamides is 1. The molecule has 0 unspecified atom stereocenters. The summed E-state index contributed by atoms with van der Waals surface area (Å²) in [6, 6.07) is 14.1. The van der Waals surface area contributed by atoms with Gasteiger partial charge < -0.3 is 0 Å². The zero-order valence-corrected chi connectivity index (χ0v) is 19.3. The number of ketones is 1. The minimum atomic E-state index is -3.90. The number of hydrogen-bond donors (Lipinski definition) is 0. The molecule has 156 valence electrons. The zero-order valence-electron chi connectivity index (χ0n) is 16.9. The molecule has 0 saturated heterocycles. The van der Waals surface area contributed by atoms with Gasteiger partial charge in [0, 0.05) is 28.0 Å². The van der Waals surface area contributed by atoms with E-state index in [0.29, 0.717) is 10.7 Å². The van der Waals surface area contributed by atoms with E-state index in [-0.39, 0.29) is 23.0 Å². The molecule has 7 heteroatoms. The molecule has 0 saturated carbocycles. The molecule has 1 heterocycles. The molecule has 4 rings (SSSR count). The highest BCUT2D eigenvalue weighted by Gasteiger charge is 2.57. The highest BCUT2D eigenvalue weighted by atomic mass is 35.5. The van der Waals surface area contributed by atoms with Gasteiger partial charge in [0.2, 0.25) is 0 Å². The van der Waals surface area contributed by atoms with Crippen LogP contribution < -0.4 is 0 Å². The van der Waals surface area contributed by atoms with Gasteiger partial charge in [-0.25, -0.2) is 8.42 Å².